The molecule has 21 heavy (non-hydrogen) atoms. The number of nitrogens with one attached hydrogen (secondary N) is 1. The number of benzene rings is 1. The van der Waals surface area contributed by atoms with Crippen LogP contribution in [0.15, 0.2) is 29.2 Å². The Kier molecular flexibility index (Phi) is 9.08. The first-order valence-electron chi connectivity index (χ1n) is 6.48. The van der Waals surface area contributed by atoms with Crippen molar-refractivity contribution in [3.05, 3.63) is 24.3 Å². The van der Waals surface area contributed by atoms with Crippen molar-refractivity contribution in [2.45, 2.75) is 31.2 Å². The first-order valence-corrected chi connectivity index (χ1v) is 7.47. The summed E-state index contributed by atoms with van der Waals surface area (Å²) < 4.78 is 0. The highest BCUT2D eigenvalue weighted by molar-refractivity contribution is 7.99. The topological polar surface area (TPSA) is 98.2 Å². The number of hydrogen-bond donors (Lipinski definition) is 3. The molecule has 2 atom stereocenters. The third-order valence-electron chi connectivity index (χ3n) is 2.95. The molecule has 0 heterocycles. The molecule has 5 nitrogen and oxygen atoms in total. The number of carbonyl (C=O) groups excluding carboxylic acids is 2. The van der Waals surface area contributed by atoms with E-state index in [1.165, 1.54) is 11.8 Å². The average molecular weight is 332 g/mol. The van der Waals surface area contributed by atoms with Crippen molar-refractivity contribution in [3.63, 3.8) is 0 Å². The quantitative estimate of drug-likeness (QED) is 0.665. The number of carbonyl (C=O) groups is 2. The minimum atomic E-state index is -0.329. The second-order valence-electron chi connectivity index (χ2n) is 4.70. The van der Waals surface area contributed by atoms with E-state index in [9.17, 15) is 9.59 Å². The van der Waals surface area contributed by atoms with E-state index in [-0.39, 0.29) is 36.2 Å². The van der Waals surface area contributed by atoms with Gasteiger partial charge >= 0.3 is 0 Å². The number of primary amides is 1. The van der Waals surface area contributed by atoms with Gasteiger partial charge in [0, 0.05) is 23.1 Å². The molecule has 1 aromatic carbocycles. The van der Waals surface area contributed by atoms with Crippen LogP contribution >= 0.6 is 24.2 Å². The number of anilines is 1. The van der Waals surface area contributed by atoms with Gasteiger partial charge in [-0.1, -0.05) is 19.1 Å². The zero-order valence-corrected chi connectivity index (χ0v) is 13.8. The first kappa shape index (κ1) is 19.8. The van der Waals surface area contributed by atoms with Crippen molar-refractivity contribution in [2.24, 2.45) is 17.4 Å². The fraction of sp³-hybridized carbons (Fsp3) is 0.429. The van der Waals surface area contributed by atoms with Crippen molar-refractivity contribution < 1.29 is 9.59 Å². The minimum absolute atomic E-state index is 0. The lowest BCUT2D eigenvalue weighted by molar-refractivity contribution is -0.120. The Balaban J connectivity index is 0.00000400. The van der Waals surface area contributed by atoms with Crippen LogP contribution in [-0.2, 0) is 9.59 Å². The Labute approximate surface area is 135 Å². The SMILES string of the molecule is CC(N)C(C)C(=O)Nc1ccccc1SCCC(N)=O.Cl. The molecule has 2 unspecified atom stereocenters. The average Bonchev–Trinajstić information content (AvgIpc) is 2.39. The van der Waals surface area contributed by atoms with Crippen molar-refractivity contribution in [2.75, 3.05) is 11.1 Å². The summed E-state index contributed by atoms with van der Waals surface area (Å²) >= 11 is 1.49. The van der Waals surface area contributed by atoms with Gasteiger partial charge in [-0.25, -0.2) is 0 Å². The number of amides is 2. The number of thioether (sulfide) groups is 1. The normalized spacial score (nSPS) is 12.9. The van der Waals surface area contributed by atoms with Gasteiger partial charge in [-0.05, 0) is 19.1 Å². The van der Waals surface area contributed by atoms with E-state index in [0.29, 0.717) is 12.2 Å². The van der Waals surface area contributed by atoms with E-state index in [0.717, 1.165) is 10.6 Å². The van der Waals surface area contributed by atoms with E-state index in [1.807, 2.05) is 24.3 Å². The molecule has 0 bridgehead atoms. The molecule has 1 aromatic rings. The summed E-state index contributed by atoms with van der Waals surface area (Å²) in [5.74, 6) is -0.114. The predicted octanol–water partition coefficient (Wildman–Crippen LogP) is 2.00. The predicted molar refractivity (Wildman–Crippen MR) is 89.7 cm³/mol. The molecule has 0 saturated carbocycles. The lowest BCUT2D eigenvalue weighted by Gasteiger charge is -2.17. The summed E-state index contributed by atoms with van der Waals surface area (Å²) in [6.07, 6.45) is 0.309. The Bertz CT molecular complexity index is 483. The van der Waals surface area contributed by atoms with Gasteiger partial charge in [-0.15, -0.1) is 24.2 Å². The zero-order chi connectivity index (χ0) is 15.1. The molecular formula is C14H22ClN3O2S. The van der Waals surface area contributed by atoms with Crippen molar-refractivity contribution in [1.29, 1.82) is 0 Å². The van der Waals surface area contributed by atoms with Gasteiger partial charge in [0.2, 0.25) is 11.8 Å². The number of para-hydroxylation sites is 1. The second kappa shape index (κ2) is 9.65. The maximum absolute atomic E-state index is 12.0. The monoisotopic (exact) mass is 331 g/mol. The van der Waals surface area contributed by atoms with Crippen LogP contribution in [-0.4, -0.2) is 23.6 Å². The van der Waals surface area contributed by atoms with Crippen LogP contribution < -0.4 is 16.8 Å². The summed E-state index contributed by atoms with van der Waals surface area (Å²) in [5, 5.41) is 2.87. The molecule has 0 aliphatic heterocycles. The van der Waals surface area contributed by atoms with E-state index < -0.39 is 0 Å². The lowest BCUT2D eigenvalue weighted by Crippen LogP contribution is -2.34. The van der Waals surface area contributed by atoms with Gasteiger partial charge in [-0.3, -0.25) is 9.59 Å². The lowest BCUT2D eigenvalue weighted by atomic mass is 10.0. The Hall–Kier alpha value is -1.24. The minimum Gasteiger partial charge on any atom is -0.370 e. The Morgan fingerprint density at radius 3 is 2.48 bits per heavy atom. The molecule has 1 rings (SSSR count). The number of rotatable bonds is 7. The van der Waals surface area contributed by atoms with Crippen LogP contribution in [0.3, 0.4) is 0 Å². The molecule has 0 radical (unpaired) electrons. The van der Waals surface area contributed by atoms with Gasteiger partial charge in [0.1, 0.15) is 0 Å². The highest BCUT2D eigenvalue weighted by atomic mass is 35.5. The number of nitrogens with two attached hydrogens (primary N) is 2. The largest absolute Gasteiger partial charge is 0.370 e. The summed E-state index contributed by atoms with van der Waals surface area (Å²) in [6.45, 7) is 3.60. The maximum Gasteiger partial charge on any atom is 0.228 e. The second-order valence-corrected chi connectivity index (χ2v) is 5.83. The summed E-state index contributed by atoms with van der Waals surface area (Å²) in [7, 11) is 0. The number of hydrogen-bond acceptors (Lipinski definition) is 4. The molecular weight excluding hydrogens is 310 g/mol. The first-order chi connectivity index (χ1) is 9.41. The molecule has 0 aliphatic rings. The smallest absolute Gasteiger partial charge is 0.228 e. The summed E-state index contributed by atoms with van der Waals surface area (Å²) in [5.41, 5.74) is 11.6. The van der Waals surface area contributed by atoms with Crippen LogP contribution in [0.5, 0.6) is 0 Å². The van der Waals surface area contributed by atoms with Gasteiger partial charge in [-0.2, -0.15) is 0 Å². The zero-order valence-electron chi connectivity index (χ0n) is 12.2. The van der Waals surface area contributed by atoms with Crippen LogP contribution in [0.2, 0.25) is 0 Å². The molecule has 118 valence electrons. The number of halogens is 1. The van der Waals surface area contributed by atoms with Crippen LogP contribution in [0.4, 0.5) is 5.69 Å². The van der Waals surface area contributed by atoms with Crippen molar-refractivity contribution >= 4 is 41.7 Å². The standard InChI is InChI=1S/C14H21N3O2S.ClH/c1-9(10(2)15)14(19)17-11-5-3-4-6-12(11)20-8-7-13(16)18;/h3-6,9-10H,7-8,15H2,1-2H3,(H2,16,18)(H,17,19);1H. The molecule has 5 N–H and O–H groups in total. The van der Waals surface area contributed by atoms with Crippen molar-refractivity contribution in [3.8, 4) is 0 Å². The molecule has 2 amide bonds. The summed E-state index contributed by atoms with van der Waals surface area (Å²) in [6, 6.07) is 7.27. The van der Waals surface area contributed by atoms with E-state index in [2.05, 4.69) is 5.32 Å². The third kappa shape index (κ3) is 6.84. The molecule has 0 spiro atoms. The fourth-order valence-electron chi connectivity index (χ4n) is 1.44. The molecule has 0 fully saturated rings. The molecule has 0 aromatic heterocycles. The van der Waals surface area contributed by atoms with E-state index in [1.54, 1.807) is 13.8 Å². The maximum atomic E-state index is 12.0. The van der Waals surface area contributed by atoms with Gasteiger partial charge in [0.15, 0.2) is 0 Å². The van der Waals surface area contributed by atoms with E-state index in [4.69, 9.17) is 11.5 Å². The molecule has 0 aliphatic carbocycles. The third-order valence-corrected chi connectivity index (χ3v) is 4.03. The van der Waals surface area contributed by atoms with E-state index >= 15 is 0 Å². The van der Waals surface area contributed by atoms with Crippen LogP contribution in [0, 0.1) is 5.92 Å². The molecule has 0 saturated heterocycles. The van der Waals surface area contributed by atoms with Crippen molar-refractivity contribution in [1.82, 2.24) is 0 Å². The Morgan fingerprint density at radius 1 is 1.29 bits per heavy atom. The van der Waals surface area contributed by atoms with Gasteiger partial charge in [0.05, 0.1) is 11.6 Å². The fourth-order valence-corrected chi connectivity index (χ4v) is 2.42. The van der Waals surface area contributed by atoms with Gasteiger partial charge in [0.25, 0.3) is 0 Å². The summed E-state index contributed by atoms with van der Waals surface area (Å²) in [4.78, 5) is 23.7. The Morgan fingerprint density at radius 2 is 1.90 bits per heavy atom. The van der Waals surface area contributed by atoms with Crippen LogP contribution in [0.25, 0.3) is 0 Å². The van der Waals surface area contributed by atoms with Gasteiger partial charge < -0.3 is 16.8 Å². The van der Waals surface area contributed by atoms with Crippen LogP contribution in [0.1, 0.15) is 20.3 Å². The highest BCUT2D eigenvalue weighted by Crippen LogP contribution is 2.27. The molecule has 7 heteroatoms. The highest BCUT2D eigenvalue weighted by Gasteiger charge is 2.18.